The van der Waals surface area contributed by atoms with Gasteiger partial charge in [0.15, 0.2) is 11.5 Å². The Hall–Kier alpha value is -1.75. The van der Waals surface area contributed by atoms with Gasteiger partial charge in [-0.15, -0.1) is 0 Å². The molecule has 1 unspecified atom stereocenters. The average molecular weight is 249 g/mol. The molecule has 0 aromatic heterocycles. The van der Waals surface area contributed by atoms with Gasteiger partial charge in [-0.2, -0.15) is 0 Å². The summed E-state index contributed by atoms with van der Waals surface area (Å²) in [6.45, 7) is 0.245. The zero-order valence-corrected chi connectivity index (χ0v) is 10.1. The predicted molar refractivity (Wildman–Crippen MR) is 63.5 cm³/mol. The SMILES string of the molecule is COC(=O)C(N)C1(c2ccc3c(c2)OCO3)CC1. The van der Waals surface area contributed by atoms with Crippen molar-refractivity contribution in [3.63, 3.8) is 0 Å². The van der Waals surface area contributed by atoms with Crippen LogP contribution in [-0.4, -0.2) is 25.9 Å². The maximum atomic E-state index is 11.6. The minimum Gasteiger partial charge on any atom is -0.468 e. The quantitative estimate of drug-likeness (QED) is 0.807. The number of nitrogens with two attached hydrogens (primary N) is 1. The lowest BCUT2D eigenvalue weighted by molar-refractivity contribution is -0.143. The second kappa shape index (κ2) is 3.88. The fourth-order valence-corrected chi connectivity index (χ4v) is 2.47. The predicted octanol–water partition coefficient (Wildman–Crippen LogP) is 0.947. The minimum absolute atomic E-state index is 0.245. The van der Waals surface area contributed by atoms with Gasteiger partial charge in [0.1, 0.15) is 6.04 Å². The van der Waals surface area contributed by atoms with Crippen molar-refractivity contribution >= 4 is 5.97 Å². The molecule has 1 heterocycles. The first-order chi connectivity index (χ1) is 8.67. The molecule has 1 fully saturated rings. The Balaban J connectivity index is 1.92. The van der Waals surface area contributed by atoms with Crippen LogP contribution in [0.25, 0.3) is 0 Å². The van der Waals surface area contributed by atoms with E-state index in [0.29, 0.717) is 0 Å². The maximum Gasteiger partial charge on any atom is 0.323 e. The van der Waals surface area contributed by atoms with Crippen LogP contribution in [0, 0.1) is 0 Å². The Bertz CT molecular complexity index is 496. The summed E-state index contributed by atoms with van der Waals surface area (Å²) in [5.41, 5.74) is 6.72. The molecule has 0 radical (unpaired) electrons. The first kappa shape index (κ1) is 11.3. The molecular formula is C13H15NO4. The van der Waals surface area contributed by atoms with Crippen LogP contribution in [0.1, 0.15) is 18.4 Å². The number of hydrogen-bond acceptors (Lipinski definition) is 5. The lowest BCUT2D eigenvalue weighted by Gasteiger charge is -2.21. The molecule has 0 spiro atoms. The van der Waals surface area contributed by atoms with E-state index in [9.17, 15) is 4.79 Å². The van der Waals surface area contributed by atoms with E-state index in [0.717, 1.165) is 29.9 Å². The van der Waals surface area contributed by atoms with Crippen LogP contribution in [0.15, 0.2) is 18.2 Å². The summed E-state index contributed by atoms with van der Waals surface area (Å²) in [4.78, 5) is 11.6. The van der Waals surface area contributed by atoms with Gasteiger partial charge in [-0.05, 0) is 30.5 Å². The van der Waals surface area contributed by atoms with Crippen molar-refractivity contribution in [2.75, 3.05) is 13.9 Å². The molecule has 2 aliphatic rings. The maximum absolute atomic E-state index is 11.6. The standard InChI is InChI=1S/C13H15NO4/c1-16-12(15)11(14)13(4-5-13)8-2-3-9-10(6-8)18-7-17-9/h2-3,6,11H,4-5,7,14H2,1H3. The summed E-state index contributed by atoms with van der Waals surface area (Å²) in [6, 6.07) is 5.10. The van der Waals surface area contributed by atoms with Crippen LogP contribution in [0.2, 0.25) is 0 Å². The van der Waals surface area contributed by atoms with E-state index >= 15 is 0 Å². The van der Waals surface area contributed by atoms with E-state index in [-0.39, 0.29) is 18.2 Å². The van der Waals surface area contributed by atoms with Gasteiger partial charge in [-0.3, -0.25) is 4.79 Å². The lowest BCUT2D eigenvalue weighted by atomic mass is 9.88. The number of hydrogen-bond donors (Lipinski definition) is 1. The first-order valence-electron chi connectivity index (χ1n) is 5.91. The number of rotatable bonds is 3. The van der Waals surface area contributed by atoms with Crippen LogP contribution in [-0.2, 0) is 14.9 Å². The van der Waals surface area contributed by atoms with E-state index < -0.39 is 6.04 Å². The van der Waals surface area contributed by atoms with Crippen molar-refractivity contribution in [1.82, 2.24) is 0 Å². The topological polar surface area (TPSA) is 70.8 Å². The van der Waals surface area contributed by atoms with Gasteiger partial charge < -0.3 is 19.9 Å². The normalized spacial score (nSPS) is 20.3. The van der Waals surface area contributed by atoms with Crippen molar-refractivity contribution in [2.45, 2.75) is 24.3 Å². The highest BCUT2D eigenvalue weighted by atomic mass is 16.7. The molecule has 1 aliphatic carbocycles. The summed E-state index contributed by atoms with van der Waals surface area (Å²) < 4.78 is 15.4. The van der Waals surface area contributed by atoms with E-state index in [4.69, 9.17) is 19.9 Å². The van der Waals surface area contributed by atoms with E-state index in [1.54, 1.807) is 0 Å². The molecule has 0 saturated heterocycles. The molecule has 0 bridgehead atoms. The van der Waals surface area contributed by atoms with Crippen LogP contribution >= 0.6 is 0 Å². The molecule has 96 valence electrons. The highest BCUT2D eigenvalue weighted by Gasteiger charge is 2.53. The van der Waals surface area contributed by atoms with Gasteiger partial charge in [0, 0.05) is 5.41 Å². The molecule has 5 heteroatoms. The second-order valence-electron chi connectivity index (χ2n) is 4.73. The first-order valence-corrected chi connectivity index (χ1v) is 5.91. The zero-order valence-electron chi connectivity index (χ0n) is 10.1. The number of carbonyl (C=O) groups excluding carboxylic acids is 1. The second-order valence-corrected chi connectivity index (χ2v) is 4.73. The Morgan fingerprint density at radius 3 is 2.78 bits per heavy atom. The van der Waals surface area contributed by atoms with E-state index in [1.807, 2.05) is 18.2 Å². The van der Waals surface area contributed by atoms with Gasteiger partial charge in [0.25, 0.3) is 0 Å². The molecular weight excluding hydrogens is 234 g/mol. The lowest BCUT2D eigenvalue weighted by Crippen LogP contribution is -2.42. The average Bonchev–Trinajstić information content (AvgIpc) is 3.08. The summed E-state index contributed by atoms with van der Waals surface area (Å²) in [5, 5.41) is 0. The number of methoxy groups -OCH3 is 1. The Labute approximate surface area is 105 Å². The summed E-state index contributed by atoms with van der Waals surface area (Å²) >= 11 is 0. The van der Waals surface area contributed by atoms with Gasteiger partial charge >= 0.3 is 5.97 Å². The van der Waals surface area contributed by atoms with Gasteiger partial charge in [0.2, 0.25) is 6.79 Å². The highest BCUT2D eigenvalue weighted by molar-refractivity contribution is 5.79. The third-order valence-corrected chi connectivity index (χ3v) is 3.79. The zero-order chi connectivity index (χ0) is 12.8. The molecule has 2 N–H and O–H groups in total. The monoisotopic (exact) mass is 249 g/mol. The smallest absolute Gasteiger partial charge is 0.323 e. The number of esters is 1. The molecule has 1 aromatic rings. The molecule has 1 aromatic carbocycles. The third-order valence-electron chi connectivity index (χ3n) is 3.79. The Morgan fingerprint density at radius 1 is 1.39 bits per heavy atom. The molecule has 3 rings (SSSR count). The molecule has 1 atom stereocenters. The molecule has 0 amide bonds. The molecule has 1 saturated carbocycles. The summed E-state index contributed by atoms with van der Waals surface area (Å²) in [7, 11) is 1.36. The number of fused-ring (bicyclic) bond motifs is 1. The fraction of sp³-hybridized carbons (Fsp3) is 0.462. The van der Waals surface area contributed by atoms with Crippen molar-refractivity contribution in [3.8, 4) is 11.5 Å². The van der Waals surface area contributed by atoms with E-state index in [1.165, 1.54) is 7.11 Å². The van der Waals surface area contributed by atoms with Crippen molar-refractivity contribution in [1.29, 1.82) is 0 Å². The van der Waals surface area contributed by atoms with Crippen molar-refractivity contribution in [3.05, 3.63) is 23.8 Å². The third kappa shape index (κ3) is 1.54. The van der Waals surface area contributed by atoms with Crippen LogP contribution in [0.3, 0.4) is 0 Å². The number of benzene rings is 1. The van der Waals surface area contributed by atoms with Crippen LogP contribution < -0.4 is 15.2 Å². The fourth-order valence-electron chi connectivity index (χ4n) is 2.47. The molecule has 5 nitrogen and oxygen atoms in total. The van der Waals surface area contributed by atoms with Gasteiger partial charge in [0.05, 0.1) is 7.11 Å². The van der Waals surface area contributed by atoms with Crippen LogP contribution in [0.5, 0.6) is 11.5 Å². The summed E-state index contributed by atoms with van der Waals surface area (Å²) in [6.07, 6.45) is 1.78. The van der Waals surface area contributed by atoms with Gasteiger partial charge in [-0.25, -0.2) is 0 Å². The highest BCUT2D eigenvalue weighted by Crippen LogP contribution is 2.52. The molecule has 18 heavy (non-hydrogen) atoms. The minimum atomic E-state index is -0.622. The number of carbonyl (C=O) groups is 1. The Morgan fingerprint density at radius 2 is 2.11 bits per heavy atom. The van der Waals surface area contributed by atoms with Crippen molar-refractivity contribution < 1.29 is 19.0 Å². The largest absolute Gasteiger partial charge is 0.468 e. The van der Waals surface area contributed by atoms with Gasteiger partial charge in [-0.1, -0.05) is 6.07 Å². The summed E-state index contributed by atoms with van der Waals surface area (Å²) in [5.74, 6) is 1.09. The Kier molecular flexibility index (Phi) is 2.45. The van der Waals surface area contributed by atoms with E-state index in [2.05, 4.69) is 0 Å². The number of ether oxygens (including phenoxy) is 3. The van der Waals surface area contributed by atoms with Crippen molar-refractivity contribution in [2.24, 2.45) is 5.73 Å². The van der Waals surface area contributed by atoms with Crippen LogP contribution in [0.4, 0.5) is 0 Å². The molecule has 1 aliphatic heterocycles.